The van der Waals surface area contributed by atoms with Crippen molar-refractivity contribution in [1.82, 2.24) is 9.97 Å². The minimum absolute atomic E-state index is 0.191. The van der Waals surface area contributed by atoms with Gasteiger partial charge in [0.25, 0.3) is 0 Å². The molecule has 25 heavy (non-hydrogen) atoms. The molecule has 0 saturated carbocycles. The lowest BCUT2D eigenvalue weighted by Crippen LogP contribution is -2.09. The molecule has 0 aliphatic carbocycles. The van der Waals surface area contributed by atoms with Gasteiger partial charge in [0, 0.05) is 22.9 Å². The lowest BCUT2D eigenvalue weighted by atomic mass is 10.2. The van der Waals surface area contributed by atoms with Gasteiger partial charge >= 0.3 is 5.97 Å². The van der Waals surface area contributed by atoms with Crippen molar-refractivity contribution in [3.05, 3.63) is 63.6 Å². The van der Waals surface area contributed by atoms with E-state index >= 15 is 0 Å². The Kier molecular flexibility index (Phi) is 5.56. The summed E-state index contributed by atoms with van der Waals surface area (Å²) >= 11 is 11.9. The summed E-state index contributed by atoms with van der Waals surface area (Å²) < 4.78 is 18.4. The molecular weight excluding hydrogens is 366 g/mol. The van der Waals surface area contributed by atoms with Crippen LogP contribution in [0.1, 0.15) is 17.8 Å². The van der Waals surface area contributed by atoms with Crippen LogP contribution in [0.2, 0.25) is 10.0 Å². The first-order chi connectivity index (χ1) is 12.0. The molecule has 1 aromatic heterocycles. The highest BCUT2D eigenvalue weighted by Gasteiger charge is 2.09. The number of nitrogens with zero attached hydrogens (tertiary/aromatic N) is 1. The normalized spacial score (nSPS) is 11.0. The monoisotopic (exact) mass is 380 g/mol. The van der Waals surface area contributed by atoms with Gasteiger partial charge in [-0.25, -0.2) is 9.37 Å². The van der Waals surface area contributed by atoms with Crippen LogP contribution in [0.3, 0.4) is 0 Å². The number of esters is 1. The van der Waals surface area contributed by atoms with Gasteiger partial charge in [-0.05, 0) is 35.9 Å². The molecule has 1 heterocycles. The molecule has 3 rings (SSSR count). The van der Waals surface area contributed by atoms with Gasteiger partial charge in [0.05, 0.1) is 24.1 Å². The van der Waals surface area contributed by atoms with E-state index in [9.17, 15) is 9.18 Å². The molecule has 1 N–H and O–H groups in total. The largest absolute Gasteiger partial charge is 0.465 e. The van der Waals surface area contributed by atoms with Crippen molar-refractivity contribution in [2.75, 3.05) is 6.61 Å². The highest BCUT2D eigenvalue weighted by molar-refractivity contribution is 6.35. The average molecular weight is 381 g/mol. The fourth-order valence-electron chi connectivity index (χ4n) is 2.44. The number of aromatic amines is 1. The predicted molar refractivity (Wildman–Crippen MR) is 95.5 cm³/mol. The van der Waals surface area contributed by atoms with Crippen molar-refractivity contribution in [2.24, 2.45) is 0 Å². The number of hydrogen-bond acceptors (Lipinski definition) is 3. The first kappa shape index (κ1) is 17.7. The zero-order valence-corrected chi connectivity index (χ0v) is 14.7. The third kappa shape index (κ3) is 4.71. The lowest BCUT2D eigenvalue weighted by molar-refractivity contribution is -0.143. The van der Waals surface area contributed by atoms with E-state index in [4.69, 9.17) is 27.9 Å². The molecule has 0 fully saturated rings. The maximum atomic E-state index is 13.2. The molecule has 0 aliphatic heterocycles. The minimum Gasteiger partial charge on any atom is -0.465 e. The van der Waals surface area contributed by atoms with Gasteiger partial charge < -0.3 is 9.72 Å². The Morgan fingerprint density at radius 1 is 1.16 bits per heavy atom. The number of carbonyl (C=O) groups excluding carboxylic acids is 1. The predicted octanol–water partition coefficient (Wildman–Crippen LogP) is 4.73. The zero-order valence-electron chi connectivity index (χ0n) is 13.2. The number of hydrogen-bond donors (Lipinski definition) is 1. The van der Waals surface area contributed by atoms with Crippen LogP contribution in [0.25, 0.3) is 11.0 Å². The number of carbonyl (C=O) groups is 1. The topological polar surface area (TPSA) is 55.0 Å². The molecule has 0 aliphatic rings. The average Bonchev–Trinajstić information content (AvgIpc) is 2.97. The molecule has 3 aromatic rings. The van der Waals surface area contributed by atoms with Crippen LogP contribution in [0.15, 0.2) is 36.4 Å². The van der Waals surface area contributed by atoms with Crippen molar-refractivity contribution in [3.8, 4) is 0 Å². The number of rotatable bonds is 6. The number of aromatic nitrogens is 2. The smallest absolute Gasteiger partial charge is 0.306 e. The number of benzene rings is 2. The first-order valence-corrected chi connectivity index (χ1v) is 8.50. The lowest BCUT2D eigenvalue weighted by Gasteiger charge is -2.06. The summed E-state index contributed by atoms with van der Waals surface area (Å²) in [7, 11) is 0. The molecule has 130 valence electrons. The second-order valence-corrected chi connectivity index (χ2v) is 6.39. The molecule has 0 unspecified atom stereocenters. The van der Waals surface area contributed by atoms with Gasteiger partial charge in [-0.3, -0.25) is 4.79 Å². The van der Waals surface area contributed by atoms with Crippen LogP contribution in [-0.2, 0) is 22.4 Å². The maximum Gasteiger partial charge on any atom is 0.306 e. The van der Waals surface area contributed by atoms with Crippen LogP contribution < -0.4 is 0 Å². The second kappa shape index (κ2) is 7.85. The Bertz CT molecular complexity index is 911. The SMILES string of the molecule is O=C(CCc1nc2ccc(F)cc2[nH]1)OCCc1ccc(Cl)cc1Cl. The van der Waals surface area contributed by atoms with E-state index in [1.54, 1.807) is 18.2 Å². The van der Waals surface area contributed by atoms with Gasteiger partial charge in [0.1, 0.15) is 11.6 Å². The van der Waals surface area contributed by atoms with Gasteiger partial charge in [-0.1, -0.05) is 29.3 Å². The van der Waals surface area contributed by atoms with Crippen LogP contribution in [-0.4, -0.2) is 22.5 Å². The second-order valence-electron chi connectivity index (χ2n) is 5.55. The molecule has 0 radical (unpaired) electrons. The fraction of sp³-hybridized carbons (Fsp3) is 0.222. The third-order valence-electron chi connectivity index (χ3n) is 3.71. The number of nitrogens with one attached hydrogen (secondary N) is 1. The summed E-state index contributed by atoms with van der Waals surface area (Å²) in [4.78, 5) is 19.1. The molecular formula is C18H15Cl2FN2O2. The Hall–Kier alpha value is -2.11. The number of fused-ring (bicyclic) bond motifs is 1. The van der Waals surface area contributed by atoms with E-state index in [1.165, 1.54) is 12.1 Å². The molecule has 0 bridgehead atoms. The van der Waals surface area contributed by atoms with Gasteiger partial charge in [0.15, 0.2) is 0 Å². The summed E-state index contributed by atoms with van der Waals surface area (Å²) in [5, 5.41) is 1.12. The molecule has 7 heteroatoms. The summed E-state index contributed by atoms with van der Waals surface area (Å²) in [6.07, 6.45) is 1.11. The summed E-state index contributed by atoms with van der Waals surface area (Å²) in [5.41, 5.74) is 2.15. The van der Waals surface area contributed by atoms with E-state index in [0.717, 1.165) is 5.56 Å². The zero-order chi connectivity index (χ0) is 17.8. The van der Waals surface area contributed by atoms with Crippen molar-refractivity contribution in [1.29, 1.82) is 0 Å². The van der Waals surface area contributed by atoms with E-state index in [-0.39, 0.29) is 24.8 Å². The highest BCUT2D eigenvalue weighted by atomic mass is 35.5. The summed E-state index contributed by atoms with van der Waals surface area (Å²) in [6, 6.07) is 9.54. The Balaban J connectivity index is 1.47. The number of ether oxygens (including phenoxy) is 1. The summed E-state index contributed by atoms with van der Waals surface area (Å²) in [5.74, 6) is -0.0296. The Labute approximate surface area is 153 Å². The van der Waals surface area contributed by atoms with Crippen LogP contribution in [0.4, 0.5) is 4.39 Å². The van der Waals surface area contributed by atoms with E-state index in [0.29, 0.717) is 39.7 Å². The van der Waals surface area contributed by atoms with Crippen LogP contribution >= 0.6 is 23.2 Å². The van der Waals surface area contributed by atoms with Gasteiger partial charge in [-0.2, -0.15) is 0 Å². The fourth-order valence-corrected chi connectivity index (χ4v) is 2.95. The van der Waals surface area contributed by atoms with Crippen molar-refractivity contribution in [2.45, 2.75) is 19.3 Å². The van der Waals surface area contributed by atoms with E-state index < -0.39 is 0 Å². The number of aryl methyl sites for hydroxylation is 1. The van der Waals surface area contributed by atoms with Crippen molar-refractivity contribution in [3.63, 3.8) is 0 Å². The molecule has 0 amide bonds. The number of halogens is 3. The maximum absolute atomic E-state index is 13.2. The van der Waals surface area contributed by atoms with Crippen LogP contribution in [0, 0.1) is 5.82 Å². The van der Waals surface area contributed by atoms with Crippen LogP contribution in [0.5, 0.6) is 0 Å². The van der Waals surface area contributed by atoms with Crippen molar-refractivity contribution >= 4 is 40.2 Å². The number of imidazole rings is 1. The van der Waals surface area contributed by atoms with Gasteiger partial charge in [-0.15, -0.1) is 0 Å². The molecule has 4 nitrogen and oxygen atoms in total. The van der Waals surface area contributed by atoms with Crippen molar-refractivity contribution < 1.29 is 13.9 Å². The quantitative estimate of drug-likeness (QED) is 0.629. The third-order valence-corrected chi connectivity index (χ3v) is 4.30. The molecule has 0 spiro atoms. The molecule has 0 atom stereocenters. The molecule has 0 saturated heterocycles. The number of H-pyrrole nitrogens is 1. The van der Waals surface area contributed by atoms with E-state index in [1.807, 2.05) is 6.07 Å². The van der Waals surface area contributed by atoms with E-state index in [2.05, 4.69) is 9.97 Å². The Morgan fingerprint density at radius 2 is 2.00 bits per heavy atom. The summed E-state index contributed by atoms with van der Waals surface area (Å²) in [6.45, 7) is 0.242. The highest BCUT2D eigenvalue weighted by Crippen LogP contribution is 2.21. The first-order valence-electron chi connectivity index (χ1n) is 7.75. The standard InChI is InChI=1S/C18H15Cl2FN2O2/c19-12-2-1-11(14(20)9-12)7-8-25-18(24)6-5-17-22-15-4-3-13(21)10-16(15)23-17/h1-4,9-10H,5-8H2,(H,22,23). The minimum atomic E-state index is -0.331. The van der Waals surface area contributed by atoms with Gasteiger partial charge in [0.2, 0.25) is 0 Å². The Morgan fingerprint density at radius 3 is 2.80 bits per heavy atom. The molecule has 2 aromatic carbocycles.